The molecule has 1 aliphatic rings. The van der Waals surface area contributed by atoms with Gasteiger partial charge >= 0.3 is 0 Å². The van der Waals surface area contributed by atoms with Gasteiger partial charge in [-0.2, -0.15) is 0 Å². The molecule has 1 unspecified atom stereocenters. The van der Waals surface area contributed by atoms with Gasteiger partial charge in [0.25, 0.3) is 5.91 Å². The number of anilines is 1. The lowest BCUT2D eigenvalue weighted by molar-refractivity contribution is -0.120. The topological polar surface area (TPSA) is 58.6 Å². The van der Waals surface area contributed by atoms with Crippen LogP contribution in [0.15, 0.2) is 24.3 Å². The number of methoxy groups -OCH3 is 1. The number of ether oxygens (including phenoxy) is 1. The van der Waals surface area contributed by atoms with Crippen LogP contribution >= 0.6 is 0 Å². The first kappa shape index (κ1) is 13.5. The molecule has 0 saturated carbocycles. The number of fused-ring (bicyclic) bond motifs is 1. The number of rotatable bonds is 4. The van der Waals surface area contributed by atoms with Gasteiger partial charge in [-0.25, -0.2) is 0 Å². The van der Waals surface area contributed by atoms with Gasteiger partial charge in [0.05, 0.1) is 17.9 Å². The van der Waals surface area contributed by atoms with Gasteiger partial charge in [0.2, 0.25) is 5.91 Å². The summed E-state index contributed by atoms with van der Waals surface area (Å²) in [5, 5.41) is 2.77. The van der Waals surface area contributed by atoms with Crippen molar-refractivity contribution in [3.8, 4) is 0 Å². The molecule has 5 nitrogen and oxygen atoms in total. The molecule has 2 amide bonds. The zero-order chi connectivity index (χ0) is 13.8. The second-order valence-electron chi connectivity index (χ2n) is 4.43. The van der Waals surface area contributed by atoms with E-state index in [2.05, 4.69) is 5.32 Å². The molecule has 1 atom stereocenters. The summed E-state index contributed by atoms with van der Waals surface area (Å²) in [6.07, 6.45) is 0.571. The molecule has 102 valence electrons. The zero-order valence-corrected chi connectivity index (χ0v) is 11.2. The number of para-hydroxylation sites is 1. The van der Waals surface area contributed by atoms with Crippen molar-refractivity contribution in [1.29, 1.82) is 0 Å². The van der Waals surface area contributed by atoms with Crippen LogP contribution < -0.4 is 10.2 Å². The standard InChI is InChI=1S/C14H18N2O3/c1-3-11-14(18)16(8-9-19-2)12-7-5-4-6-10(12)13(17)15-11/h4-7,11H,3,8-9H2,1-2H3,(H,15,17). The van der Waals surface area contributed by atoms with E-state index >= 15 is 0 Å². The smallest absolute Gasteiger partial charge is 0.254 e. The maximum Gasteiger partial charge on any atom is 0.254 e. The van der Waals surface area contributed by atoms with Crippen molar-refractivity contribution < 1.29 is 14.3 Å². The summed E-state index contributed by atoms with van der Waals surface area (Å²) in [5.74, 6) is -0.284. The van der Waals surface area contributed by atoms with E-state index in [0.29, 0.717) is 30.8 Å². The first-order valence-electron chi connectivity index (χ1n) is 6.39. The summed E-state index contributed by atoms with van der Waals surface area (Å²) in [5.41, 5.74) is 1.18. The zero-order valence-electron chi connectivity index (χ0n) is 11.2. The normalized spacial score (nSPS) is 18.8. The Balaban J connectivity index is 2.43. The van der Waals surface area contributed by atoms with Gasteiger partial charge in [-0.3, -0.25) is 9.59 Å². The molecule has 19 heavy (non-hydrogen) atoms. The maximum atomic E-state index is 12.4. The summed E-state index contributed by atoms with van der Waals surface area (Å²) in [7, 11) is 1.59. The number of nitrogens with one attached hydrogen (secondary N) is 1. The van der Waals surface area contributed by atoms with E-state index in [1.54, 1.807) is 30.2 Å². The van der Waals surface area contributed by atoms with Crippen molar-refractivity contribution in [3.05, 3.63) is 29.8 Å². The van der Waals surface area contributed by atoms with Gasteiger partial charge in [-0.15, -0.1) is 0 Å². The Morgan fingerprint density at radius 1 is 1.32 bits per heavy atom. The average molecular weight is 262 g/mol. The minimum Gasteiger partial charge on any atom is -0.383 e. The van der Waals surface area contributed by atoms with E-state index in [1.165, 1.54) is 0 Å². The van der Waals surface area contributed by atoms with Gasteiger partial charge < -0.3 is 15.0 Å². The maximum absolute atomic E-state index is 12.4. The van der Waals surface area contributed by atoms with Gasteiger partial charge in [0.1, 0.15) is 6.04 Å². The lowest BCUT2D eigenvalue weighted by Crippen LogP contribution is -2.46. The van der Waals surface area contributed by atoms with Crippen LogP contribution in [0, 0.1) is 0 Å². The Morgan fingerprint density at radius 3 is 2.74 bits per heavy atom. The minimum absolute atomic E-state index is 0.0853. The summed E-state index contributed by atoms with van der Waals surface area (Å²) >= 11 is 0. The molecule has 0 bridgehead atoms. The molecule has 0 aliphatic carbocycles. The van der Waals surface area contributed by atoms with Gasteiger partial charge in [0.15, 0.2) is 0 Å². The number of amides is 2. The number of carbonyl (C=O) groups excluding carboxylic acids is 2. The Morgan fingerprint density at radius 2 is 2.05 bits per heavy atom. The van der Waals surface area contributed by atoms with E-state index in [-0.39, 0.29) is 11.8 Å². The van der Waals surface area contributed by atoms with E-state index < -0.39 is 6.04 Å². The molecule has 1 aliphatic heterocycles. The highest BCUT2D eigenvalue weighted by atomic mass is 16.5. The molecule has 5 heteroatoms. The molecular formula is C14H18N2O3. The monoisotopic (exact) mass is 262 g/mol. The fourth-order valence-electron chi connectivity index (χ4n) is 2.20. The van der Waals surface area contributed by atoms with Crippen molar-refractivity contribution in [3.63, 3.8) is 0 Å². The number of benzene rings is 1. The summed E-state index contributed by atoms with van der Waals surface area (Å²) in [4.78, 5) is 26.2. The second kappa shape index (κ2) is 5.84. The predicted octanol–water partition coefficient (Wildman–Crippen LogP) is 1.19. The summed E-state index contributed by atoms with van der Waals surface area (Å²) < 4.78 is 5.05. The highest BCUT2D eigenvalue weighted by Gasteiger charge is 2.32. The molecule has 0 fully saturated rings. The first-order chi connectivity index (χ1) is 9.19. The number of nitrogens with zero attached hydrogens (tertiary/aromatic N) is 1. The fraction of sp³-hybridized carbons (Fsp3) is 0.429. The van der Waals surface area contributed by atoms with E-state index in [9.17, 15) is 9.59 Å². The van der Waals surface area contributed by atoms with E-state index in [1.807, 2.05) is 13.0 Å². The van der Waals surface area contributed by atoms with Crippen LogP contribution in [0.3, 0.4) is 0 Å². The van der Waals surface area contributed by atoms with Crippen molar-refractivity contribution in [2.75, 3.05) is 25.2 Å². The fourth-order valence-corrected chi connectivity index (χ4v) is 2.20. The van der Waals surface area contributed by atoms with E-state index in [4.69, 9.17) is 4.74 Å². The number of carbonyl (C=O) groups is 2. The third-order valence-electron chi connectivity index (χ3n) is 3.24. The van der Waals surface area contributed by atoms with E-state index in [0.717, 1.165) is 0 Å². The SMILES string of the molecule is CCC1NC(=O)c2ccccc2N(CCOC)C1=O. The first-order valence-corrected chi connectivity index (χ1v) is 6.39. The molecule has 1 aromatic carbocycles. The Hall–Kier alpha value is -1.88. The average Bonchev–Trinajstić information content (AvgIpc) is 2.54. The Kier molecular flexibility index (Phi) is 4.16. The minimum atomic E-state index is -0.475. The molecule has 0 saturated heterocycles. The van der Waals surface area contributed by atoms with Crippen molar-refractivity contribution in [2.45, 2.75) is 19.4 Å². The third-order valence-corrected chi connectivity index (χ3v) is 3.24. The van der Waals surface area contributed by atoms with Gasteiger partial charge in [-0.05, 0) is 18.6 Å². The number of hydrogen-bond donors (Lipinski definition) is 1. The summed E-state index contributed by atoms with van der Waals surface area (Å²) in [6.45, 7) is 2.76. The summed E-state index contributed by atoms with van der Waals surface area (Å²) in [6, 6.07) is 6.67. The molecule has 1 heterocycles. The highest BCUT2D eigenvalue weighted by Crippen LogP contribution is 2.24. The van der Waals surface area contributed by atoms with Crippen LogP contribution in [0.5, 0.6) is 0 Å². The molecule has 1 aromatic rings. The number of hydrogen-bond acceptors (Lipinski definition) is 3. The second-order valence-corrected chi connectivity index (χ2v) is 4.43. The molecule has 0 aromatic heterocycles. The van der Waals surface area contributed by atoms with Crippen molar-refractivity contribution in [1.82, 2.24) is 5.32 Å². The van der Waals surface area contributed by atoms with Crippen molar-refractivity contribution >= 4 is 17.5 Å². The lowest BCUT2D eigenvalue weighted by Gasteiger charge is -2.24. The molecular weight excluding hydrogens is 244 g/mol. The van der Waals surface area contributed by atoms with Gasteiger partial charge in [-0.1, -0.05) is 19.1 Å². The molecule has 2 rings (SSSR count). The van der Waals surface area contributed by atoms with Crippen molar-refractivity contribution in [2.24, 2.45) is 0 Å². The predicted molar refractivity (Wildman–Crippen MR) is 72.2 cm³/mol. The Labute approximate surface area is 112 Å². The van der Waals surface area contributed by atoms with Crippen LogP contribution in [0.25, 0.3) is 0 Å². The Bertz CT molecular complexity index is 487. The molecule has 0 spiro atoms. The van der Waals surface area contributed by atoms with Crippen LogP contribution in [0.1, 0.15) is 23.7 Å². The van der Waals surface area contributed by atoms with Crippen LogP contribution in [0.2, 0.25) is 0 Å². The quantitative estimate of drug-likeness (QED) is 0.886. The van der Waals surface area contributed by atoms with Crippen LogP contribution in [0.4, 0.5) is 5.69 Å². The largest absolute Gasteiger partial charge is 0.383 e. The lowest BCUT2D eigenvalue weighted by atomic mass is 10.1. The highest BCUT2D eigenvalue weighted by molar-refractivity contribution is 6.10. The molecule has 0 radical (unpaired) electrons. The van der Waals surface area contributed by atoms with Gasteiger partial charge in [0, 0.05) is 13.7 Å². The third kappa shape index (κ3) is 2.61. The molecule has 1 N–H and O–H groups in total. The van der Waals surface area contributed by atoms with Crippen LogP contribution in [-0.4, -0.2) is 38.1 Å². The van der Waals surface area contributed by atoms with Crippen LogP contribution in [-0.2, 0) is 9.53 Å².